The molecule has 0 aromatic heterocycles. The molecular formula is C15H18Br2FNO. The van der Waals surface area contributed by atoms with Crippen molar-refractivity contribution >= 4 is 37.8 Å². The summed E-state index contributed by atoms with van der Waals surface area (Å²) in [5.74, 6) is -0.457. The Morgan fingerprint density at radius 1 is 1.30 bits per heavy atom. The van der Waals surface area contributed by atoms with Gasteiger partial charge in [-0.15, -0.1) is 0 Å². The second-order valence-electron chi connectivity index (χ2n) is 5.10. The lowest BCUT2D eigenvalue weighted by molar-refractivity contribution is 0.0649. The topological polar surface area (TPSA) is 20.3 Å². The molecule has 0 atom stereocenters. The summed E-state index contributed by atoms with van der Waals surface area (Å²) in [4.78, 5) is 14.6. The van der Waals surface area contributed by atoms with Gasteiger partial charge in [0.2, 0.25) is 0 Å². The molecule has 1 aromatic rings. The lowest BCUT2D eigenvalue weighted by atomic mass is 9.93. The number of halogens is 3. The van der Waals surface area contributed by atoms with E-state index in [1.165, 1.54) is 31.4 Å². The molecule has 0 aliphatic heterocycles. The minimum absolute atomic E-state index is 0.0808. The first kappa shape index (κ1) is 16.0. The van der Waals surface area contributed by atoms with Crippen LogP contribution in [0.15, 0.2) is 22.7 Å². The molecule has 2 rings (SSSR count). The Labute approximate surface area is 136 Å². The molecule has 5 heteroatoms. The zero-order valence-electron chi connectivity index (χ0n) is 11.2. The van der Waals surface area contributed by atoms with Crippen LogP contribution in [0.1, 0.15) is 42.5 Å². The lowest BCUT2D eigenvalue weighted by Crippen LogP contribution is -2.42. The van der Waals surface area contributed by atoms with Crippen LogP contribution in [0, 0.1) is 5.82 Å². The minimum Gasteiger partial charge on any atom is -0.335 e. The van der Waals surface area contributed by atoms with Gasteiger partial charge in [-0.3, -0.25) is 4.79 Å². The molecule has 1 aromatic carbocycles. The predicted octanol–water partition coefficient (Wildman–Crippen LogP) is 4.76. The van der Waals surface area contributed by atoms with Gasteiger partial charge in [0.1, 0.15) is 5.82 Å². The van der Waals surface area contributed by atoms with E-state index in [1.807, 2.05) is 4.90 Å². The molecule has 1 saturated carbocycles. The summed E-state index contributed by atoms with van der Waals surface area (Å²) in [5.41, 5.74) is 0.413. The predicted molar refractivity (Wildman–Crippen MR) is 85.8 cm³/mol. The maximum atomic E-state index is 13.4. The number of amides is 1. The summed E-state index contributed by atoms with van der Waals surface area (Å²) < 4.78 is 14.1. The van der Waals surface area contributed by atoms with Gasteiger partial charge in [-0.05, 0) is 47.0 Å². The Bertz CT molecular complexity index is 475. The molecule has 0 unspecified atom stereocenters. The van der Waals surface area contributed by atoms with Crippen LogP contribution < -0.4 is 0 Å². The SMILES string of the molecule is O=C(c1cc(F)ccc1Br)N(CCBr)C1CCCCC1. The highest BCUT2D eigenvalue weighted by Gasteiger charge is 2.27. The standard InChI is InChI=1S/C15H18Br2FNO/c16-8-9-19(12-4-2-1-3-5-12)15(20)13-10-11(18)6-7-14(13)17/h6-7,10,12H,1-5,8-9H2. The van der Waals surface area contributed by atoms with Crippen molar-refractivity contribution in [2.45, 2.75) is 38.1 Å². The van der Waals surface area contributed by atoms with Crippen molar-refractivity contribution in [2.75, 3.05) is 11.9 Å². The van der Waals surface area contributed by atoms with Crippen LogP contribution in [0.5, 0.6) is 0 Å². The largest absolute Gasteiger partial charge is 0.335 e. The Hall–Kier alpha value is -0.420. The number of hydrogen-bond acceptors (Lipinski definition) is 1. The van der Waals surface area contributed by atoms with E-state index in [0.717, 1.165) is 18.2 Å². The maximum Gasteiger partial charge on any atom is 0.255 e. The third kappa shape index (κ3) is 3.82. The number of alkyl halides is 1. The van der Waals surface area contributed by atoms with E-state index < -0.39 is 0 Å². The normalized spacial score (nSPS) is 16.1. The van der Waals surface area contributed by atoms with E-state index in [-0.39, 0.29) is 17.8 Å². The summed E-state index contributed by atoms with van der Waals surface area (Å²) >= 11 is 6.76. The van der Waals surface area contributed by atoms with Crippen LogP contribution >= 0.6 is 31.9 Å². The summed E-state index contributed by atoms with van der Waals surface area (Å²) in [5, 5.41) is 0.738. The number of nitrogens with zero attached hydrogens (tertiary/aromatic N) is 1. The highest BCUT2D eigenvalue weighted by Crippen LogP contribution is 2.26. The fourth-order valence-corrected chi connectivity index (χ4v) is 3.55. The van der Waals surface area contributed by atoms with Gasteiger partial charge in [-0.2, -0.15) is 0 Å². The molecular weight excluding hydrogens is 389 g/mol. The molecule has 0 spiro atoms. The van der Waals surface area contributed by atoms with E-state index in [9.17, 15) is 9.18 Å². The van der Waals surface area contributed by atoms with Crippen LogP contribution in [0.4, 0.5) is 4.39 Å². The van der Waals surface area contributed by atoms with Crippen molar-refractivity contribution in [2.24, 2.45) is 0 Å². The summed E-state index contributed by atoms with van der Waals surface area (Å²) in [6.07, 6.45) is 5.68. The summed E-state index contributed by atoms with van der Waals surface area (Å²) in [6, 6.07) is 4.55. The average Bonchev–Trinajstić information content (AvgIpc) is 2.47. The van der Waals surface area contributed by atoms with E-state index in [0.29, 0.717) is 16.6 Å². The van der Waals surface area contributed by atoms with Gasteiger partial charge in [-0.1, -0.05) is 35.2 Å². The number of hydrogen-bond donors (Lipinski definition) is 0. The Kier molecular flexibility index (Phi) is 6.02. The molecule has 0 radical (unpaired) electrons. The second-order valence-corrected chi connectivity index (χ2v) is 6.75. The van der Waals surface area contributed by atoms with Gasteiger partial charge in [-0.25, -0.2) is 4.39 Å². The van der Waals surface area contributed by atoms with E-state index in [4.69, 9.17) is 0 Å². The second kappa shape index (κ2) is 7.55. The van der Waals surface area contributed by atoms with E-state index >= 15 is 0 Å². The highest BCUT2D eigenvalue weighted by molar-refractivity contribution is 9.10. The van der Waals surface area contributed by atoms with Crippen molar-refractivity contribution < 1.29 is 9.18 Å². The van der Waals surface area contributed by atoms with Crippen LogP contribution in [0.25, 0.3) is 0 Å². The zero-order chi connectivity index (χ0) is 14.5. The quantitative estimate of drug-likeness (QED) is 0.660. The molecule has 20 heavy (non-hydrogen) atoms. The van der Waals surface area contributed by atoms with Gasteiger partial charge in [0.05, 0.1) is 5.56 Å². The van der Waals surface area contributed by atoms with Crippen molar-refractivity contribution in [3.63, 3.8) is 0 Å². The third-order valence-electron chi connectivity index (χ3n) is 3.76. The number of carbonyl (C=O) groups is 1. The number of rotatable bonds is 4. The monoisotopic (exact) mass is 405 g/mol. The maximum absolute atomic E-state index is 13.4. The van der Waals surface area contributed by atoms with Gasteiger partial charge < -0.3 is 4.90 Å². The zero-order valence-corrected chi connectivity index (χ0v) is 14.4. The Morgan fingerprint density at radius 2 is 2.00 bits per heavy atom. The van der Waals surface area contributed by atoms with Crippen LogP contribution in [-0.2, 0) is 0 Å². The number of carbonyl (C=O) groups excluding carboxylic acids is 1. The molecule has 0 heterocycles. The van der Waals surface area contributed by atoms with Gasteiger partial charge in [0, 0.05) is 22.4 Å². The first-order chi connectivity index (χ1) is 9.63. The van der Waals surface area contributed by atoms with Crippen LogP contribution in [0.2, 0.25) is 0 Å². The minimum atomic E-state index is -0.376. The molecule has 1 aliphatic rings. The Balaban J connectivity index is 2.23. The van der Waals surface area contributed by atoms with Crippen LogP contribution in [0.3, 0.4) is 0 Å². The number of benzene rings is 1. The molecule has 0 saturated heterocycles. The molecule has 1 aliphatic carbocycles. The molecule has 0 bridgehead atoms. The summed E-state index contributed by atoms with van der Waals surface area (Å²) in [6.45, 7) is 0.659. The van der Waals surface area contributed by atoms with Crippen molar-refractivity contribution in [3.05, 3.63) is 34.1 Å². The first-order valence-corrected chi connectivity index (χ1v) is 8.87. The van der Waals surface area contributed by atoms with Gasteiger partial charge in [0.15, 0.2) is 0 Å². The molecule has 2 nitrogen and oxygen atoms in total. The van der Waals surface area contributed by atoms with Crippen molar-refractivity contribution in [3.8, 4) is 0 Å². The lowest BCUT2D eigenvalue weighted by Gasteiger charge is -2.34. The smallest absolute Gasteiger partial charge is 0.255 e. The first-order valence-electron chi connectivity index (χ1n) is 6.95. The van der Waals surface area contributed by atoms with Gasteiger partial charge >= 0.3 is 0 Å². The molecule has 110 valence electrons. The van der Waals surface area contributed by atoms with E-state index in [1.54, 1.807) is 6.07 Å². The fraction of sp³-hybridized carbons (Fsp3) is 0.533. The molecule has 1 fully saturated rings. The third-order valence-corrected chi connectivity index (χ3v) is 4.81. The Morgan fingerprint density at radius 3 is 2.65 bits per heavy atom. The van der Waals surface area contributed by atoms with Gasteiger partial charge in [0.25, 0.3) is 5.91 Å². The fourth-order valence-electron chi connectivity index (χ4n) is 2.75. The van der Waals surface area contributed by atoms with Crippen LogP contribution in [-0.4, -0.2) is 28.7 Å². The highest BCUT2D eigenvalue weighted by atomic mass is 79.9. The van der Waals surface area contributed by atoms with Crippen molar-refractivity contribution in [1.29, 1.82) is 0 Å². The van der Waals surface area contributed by atoms with E-state index in [2.05, 4.69) is 31.9 Å². The van der Waals surface area contributed by atoms with Crippen molar-refractivity contribution in [1.82, 2.24) is 4.90 Å². The molecule has 1 amide bonds. The summed E-state index contributed by atoms with van der Waals surface area (Å²) in [7, 11) is 0. The molecule has 0 N–H and O–H groups in total. The average molecular weight is 407 g/mol.